The van der Waals surface area contributed by atoms with E-state index in [1.807, 2.05) is 7.05 Å². The maximum Gasteiger partial charge on any atom is 0.106 e. The van der Waals surface area contributed by atoms with Gasteiger partial charge in [0.15, 0.2) is 0 Å². The predicted octanol–water partition coefficient (Wildman–Crippen LogP) is -0.0541. The molecule has 0 unspecified atom stereocenters. The molecular weight excluding hydrogens is 90.1 g/mol. The summed E-state index contributed by atoms with van der Waals surface area (Å²) in [4.78, 5) is 3.91. The van der Waals surface area contributed by atoms with Crippen molar-refractivity contribution in [1.82, 2.24) is 5.01 Å². The molecular formula is C4H7N3. The second-order valence-corrected chi connectivity index (χ2v) is 1.35. The van der Waals surface area contributed by atoms with Crippen LogP contribution < -0.4 is 0 Å². The van der Waals surface area contributed by atoms with Crippen LogP contribution >= 0.6 is 0 Å². The molecule has 0 atom stereocenters. The summed E-state index contributed by atoms with van der Waals surface area (Å²) < 4.78 is 0. The average molecular weight is 97.1 g/mol. The number of rotatable bonds is 0. The Morgan fingerprint density at radius 2 is 2.57 bits per heavy atom. The van der Waals surface area contributed by atoms with E-state index in [0.717, 1.165) is 6.54 Å². The van der Waals surface area contributed by atoms with Gasteiger partial charge in [0.1, 0.15) is 6.34 Å². The summed E-state index contributed by atoms with van der Waals surface area (Å²) >= 11 is 0. The largest absolute Gasteiger partial charge is 0.268 e. The standard InChI is InChI=1S/C4H7N3/c1-7-4-5-2-3-6-7/h3-4H,2H2,1H3. The molecule has 1 heterocycles. The van der Waals surface area contributed by atoms with E-state index in [4.69, 9.17) is 0 Å². The third-order valence-corrected chi connectivity index (χ3v) is 0.700. The van der Waals surface area contributed by atoms with Crippen molar-refractivity contribution in [2.24, 2.45) is 10.1 Å². The van der Waals surface area contributed by atoms with E-state index < -0.39 is 0 Å². The van der Waals surface area contributed by atoms with Crippen LogP contribution in [-0.4, -0.2) is 31.2 Å². The lowest BCUT2D eigenvalue weighted by Crippen LogP contribution is -2.12. The molecule has 3 nitrogen and oxygen atoms in total. The molecule has 0 fully saturated rings. The average Bonchev–Trinajstić information content (AvgIpc) is 1.69. The van der Waals surface area contributed by atoms with E-state index in [1.54, 1.807) is 17.6 Å². The molecule has 0 bridgehead atoms. The van der Waals surface area contributed by atoms with Crippen LogP contribution in [0.1, 0.15) is 0 Å². The Labute approximate surface area is 42.3 Å². The minimum atomic E-state index is 0.727. The lowest BCUT2D eigenvalue weighted by molar-refractivity contribution is 0.555. The third-order valence-electron chi connectivity index (χ3n) is 0.700. The summed E-state index contributed by atoms with van der Waals surface area (Å²) in [5, 5.41) is 5.56. The van der Waals surface area contributed by atoms with E-state index in [0.29, 0.717) is 0 Å². The van der Waals surface area contributed by atoms with Crippen LogP contribution in [0.3, 0.4) is 0 Å². The van der Waals surface area contributed by atoms with Gasteiger partial charge in [0.25, 0.3) is 0 Å². The zero-order chi connectivity index (χ0) is 5.11. The maximum absolute atomic E-state index is 3.91. The van der Waals surface area contributed by atoms with Gasteiger partial charge in [-0.3, -0.25) is 10.0 Å². The fraction of sp³-hybridized carbons (Fsp3) is 0.500. The van der Waals surface area contributed by atoms with E-state index >= 15 is 0 Å². The van der Waals surface area contributed by atoms with Crippen LogP contribution in [0.2, 0.25) is 0 Å². The highest BCUT2D eigenvalue weighted by Gasteiger charge is 1.86. The van der Waals surface area contributed by atoms with Crippen molar-refractivity contribution in [2.75, 3.05) is 13.6 Å². The van der Waals surface area contributed by atoms with Crippen molar-refractivity contribution in [3.63, 3.8) is 0 Å². The first-order valence-corrected chi connectivity index (χ1v) is 2.15. The van der Waals surface area contributed by atoms with E-state index in [-0.39, 0.29) is 0 Å². The fourth-order valence-corrected chi connectivity index (χ4v) is 0.408. The number of hydrogen-bond donors (Lipinski definition) is 0. The van der Waals surface area contributed by atoms with E-state index in [1.165, 1.54) is 0 Å². The maximum atomic E-state index is 3.91. The number of aliphatic imine (C=N–C) groups is 1. The van der Waals surface area contributed by atoms with Gasteiger partial charge in [-0.05, 0) is 0 Å². The lowest BCUT2D eigenvalue weighted by atomic mass is 10.7. The van der Waals surface area contributed by atoms with Gasteiger partial charge in [-0.2, -0.15) is 5.10 Å². The predicted molar refractivity (Wildman–Crippen MR) is 29.6 cm³/mol. The Morgan fingerprint density at radius 1 is 1.71 bits per heavy atom. The minimum absolute atomic E-state index is 0.727. The van der Waals surface area contributed by atoms with Crippen molar-refractivity contribution in [1.29, 1.82) is 0 Å². The number of hydrazone groups is 1. The second-order valence-electron chi connectivity index (χ2n) is 1.35. The molecule has 1 aliphatic heterocycles. The highest BCUT2D eigenvalue weighted by atomic mass is 15.4. The topological polar surface area (TPSA) is 28.0 Å². The molecule has 7 heavy (non-hydrogen) atoms. The summed E-state index contributed by atoms with van der Waals surface area (Å²) in [6.07, 6.45) is 3.46. The molecule has 1 aliphatic rings. The molecule has 0 radical (unpaired) electrons. The molecule has 1 rings (SSSR count). The molecule has 0 amide bonds. The Morgan fingerprint density at radius 3 is 2.86 bits per heavy atom. The molecule has 0 aromatic carbocycles. The molecule has 0 aromatic rings. The molecule has 0 saturated carbocycles. The molecule has 0 aromatic heterocycles. The third kappa shape index (κ3) is 0.994. The molecule has 0 aliphatic carbocycles. The van der Waals surface area contributed by atoms with Crippen LogP contribution in [0.5, 0.6) is 0 Å². The normalized spacial score (nSPS) is 18.1. The SMILES string of the molecule is CN1C=NCC=N1. The van der Waals surface area contributed by atoms with Gasteiger partial charge in [0, 0.05) is 13.3 Å². The quantitative estimate of drug-likeness (QED) is 0.416. The highest BCUT2D eigenvalue weighted by molar-refractivity contribution is 5.68. The number of hydrogen-bond acceptors (Lipinski definition) is 3. The zero-order valence-electron chi connectivity index (χ0n) is 4.20. The lowest BCUT2D eigenvalue weighted by Gasteiger charge is -2.06. The Hall–Kier alpha value is -0.860. The van der Waals surface area contributed by atoms with Crippen molar-refractivity contribution >= 4 is 12.6 Å². The Bertz CT molecular complexity index is 93.5. The number of nitrogens with zero attached hydrogens (tertiary/aromatic N) is 3. The van der Waals surface area contributed by atoms with E-state index in [2.05, 4.69) is 10.1 Å². The Balaban J connectivity index is 2.49. The monoisotopic (exact) mass is 97.1 g/mol. The van der Waals surface area contributed by atoms with Crippen molar-refractivity contribution in [3.05, 3.63) is 0 Å². The summed E-state index contributed by atoms with van der Waals surface area (Å²) in [5.41, 5.74) is 0. The molecule has 0 spiro atoms. The van der Waals surface area contributed by atoms with E-state index in [9.17, 15) is 0 Å². The van der Waals surface area contributed by atoms with Gasteiger partial charge >= 0.3 is 0 Å². The first-order chi connectivity index (χ1) is 3.39. The van der Waals surface area contributed by atoms with Crippen molar-refractivity contribution in [3.8, 4) is 0 Å². The molecule has 0 saturated heterocycles. The van der Waals surface area contributed by atoms with Gasteiger partial charge in [0.05, 0.1) is 6.54 Å². The Kier molecular flexibility index (Phi) is 1.06. The van der Waals surface area contributed by atoms with Gasteiger partial charge in [-0.15, -0.1) is 0 Å². The van der Waals surface area contributed by atoms with Crippen molar-refractivity contribution in [2.45, 2.75) is 0 Å². The summed E-state index contributed by atoms with van der Waals surface area (Å²) in [6.45, 7) is 0.727. The first kappa shape index (κ1) is 4.30. The van der Waals surface area contributed by atoms with Crippen LogP contribution in [0.4, 0.5) is 0 Å². The zero-order valence-corrected chi connectivity index (χ0v) is 4.20. The van der Waals surface area contributed by atoms with Gasteiger partial charge < -0.3 is 0 Å². The highest BCUT2D eigenvalue weighted by Crippen LogP contribution is 1.81. The van der Waals surface area contributed by atoms with Crippen LogP contribution in [-0.2, 0) is 0 Å². The van der Waals surface area contributed by atoms with Crippen LogP contribution in [0.25, 0.3) is 0 Å². The van der Waals surface area contributed by atoms with Crippen LogP contribution in [0, 0.1) is 0 Å². The molecule has 38 valence electrons. The molecule has 0 N–H and O–H groups in total. The second kappa shape index (κ2) is 1.73. The summed E-state index contributed by atoms with van der Waals surface area (Å²) in [5.74, 6) is 0. The van der Waals surface area contributed by atoms with Crippen molar-refractivity contribution < 1.29 is 0 Å². The first-order valence-electron chi connectivity index (χ1n) is 2.15. The van der Waals surface area contributed by atoms with Gasteiger partial charge in [-0.25, -0.2) is 0 Å². The minimum Gasteiger partial charge on any atom is -0.268 e. The fourth-order valence-electron chi connectivity index (χ4n) is 0.408. The smallest absolute Gasteiger partial charge is 0.106 e. The van der Waals surface area contributed by atoms with Crippen LogP contribution in [0.15, 0.2) is 10.1 Å². The van der Waals surface area contributed by atoms with Gasteiger partial charge in [-0.1, -0.05) is 0 Å². The summed E-state index contributed by atoms with van der Waals surface area (Å²) in [7, 11) is 1.85. The van der Waals surface area contributed by atoms with Gasteiger partial charge in [0.2, 0.25) is 0 Å². The summed E-state index contributed by atoms with van der Waals surface area (Å²) in [6, 6.07) is 0. The molecule has 3 heteroatoms.